The zero-order chi connectivity index (χ0) is 7.68. The molecule has 0 bridgehead atoms. The van der Waals surface area contributed by atoms with Crippen molar-refractivity contribution in [2.45, 2.75) is 18.9 Å². The number of methoxy groups -OCH3 is 1. The van der Waals surface area contributed by atoms with Crippen LogP contribution in [-0.2, 0) is 4.74 Å². The molecule has 0 aliphatic carbocycles. The fourth-order valence-corrected chi connectivity index (χ4v) is 1.80. The lowest BCUT2D eigenvalue weighted by molar-refractivity contribution is 0.00447. The molecule has 2 fully saturated rings. The van der Waals surface area contributed by atoms with Gasteiger partial charge in [0.1, 0.15) is 0 Å². The van der Waals surface area contributed by atoms with Crippen LogP contribution in [0.5, 0.6) is 0 Å². The first-order valence-corrected chi connectivity index (χ1v) is 4.16. The average Bonchev–Trinajstić information content (AvgIpc) is 2.50. The molecule has 3 N–H and O–H groups in total. The van der Waals surface area contributed by atoms with Gasteiger partial charge in [0.15, 0.2) is 6.35 Å². The van der Waals surface area contributed by atoms with Crippen molar-refractivity contribution >= 4 is 0 Å². The first kappa shape index (κ1) is 7.49. The molecule has 2 aliphatic rings. The molecule has 3 atom stereocenters. The molecule has 0 spiro atoms. The molecule has 0 saturated carbocycles. The summed E-state index contributed by atoms with van der Waals surface area (Å²) in [6, 6.07) is 0. The highest BCUT2D eigenvalue weighted by molar-refractivity contribution is 4.87. The van der Waals surface area contributed by atoms with Gasteiger partial charge >= 0.3 is 0 Å². The maximum atomic E-state index is 5.14. The standard InChI is InChI=1S/C7H15N3O/c1-11-7-9-4-5-2-3-8-6(5)10-7/h5-10H,2-4H2,1H3. The van der Waals surface area contributed by atoms with Crippen LogP contribution < -0.4 is 16.0 Å². The van der Waals surface area contributed by atoms with Crippen molar-refractivity contribution < 1.29 is 4.74 Å². The summed E-state index contributed by atoms with van der Waals surface area (Å²) in [5.74, 6) is 0.737. The number of fused-ring (bicyclic) bond motifs is 1. The van der Waals surface area contributed by atoms with Crippen molar-refractivity contribution in [3.63, 3.8) is 0 Å². The van der Waals surface area contributed by atoms with Gasteiger partial charge in [0.05, 0.1) is 6.17 Å². The second-order valence-corrected chi connectivity index (χ2v) is 3.17. The smallest absolute Gasteiger partial charge is 0.164 e. The van der Waals surface area contributed by atoms with Crippen LogP contribution in [0.1, 0.15) is 6.42 Å². The molecule has 0 radical (unpaired) electrons. The van der Waals surface area contributed by atoms with E-state index < -0.39 is 0 Å². The number of ether oxygens (including phenoxy) is 1. The summed E-state index contributed by atoms with van der Waals surface area (Å²) in [5, 5.41) is 9.98. The van der Waals surface area contributed by atoms with E-state index in [1.54, 1.807) is 7.11 Å². The van der Waals surface area contributed by atoms with Gasteiger partial charge in [-0.05, 0) is 13.0 Å². The van der Waals surface area contributed by atoms with Crippen molar-refractivity contribution in [3.8, 4) is 0 Å². The van der Waals surface area contributed by atoms with Crippen LogP contribution in [0.4, 0.5) is 0 Å². The molecule has 3 unspecified atom stereocenters. The predicted molar refractivity (Wildman–Crippen MR) is 41.8 cm³/mol. The molecule has 2 aliphatic heterocycles. The van der Waals surface area contributed by atoms with E-state index in [9.17, 15) is 0 Å². The first-order chi connectivity index (χ1) is 5.40. The third-order valence-electron chi connectivity index (χ3n) is 2.48. The number of hydrogen-bond acceptors (Lipinski definition) is 4. The van der Waals surface area contributed by atoms with Crippen LogP contribution in [0.25, 0.3) is 0 Å². The lowest BCUT2D eigenvalue weighted by atomic mass is 10.1. The van der Waals surface area contributed by atoms with E-state index in [4.69, 9.17) is 4.74 Å². The van der Waals surface area contributed by atoms with E-state index in [2.05, 4.69) is 16.0 Å². The van der Waals surface area contributed by atoms with Crippen LogP contribution in [-0.4, -0.2) is 32.7 Å². The summed E-state index contributed by atoms with van der Waals surface area (Å²) in [4.78, 5) is 0. The summed E-state index contributed by atoms with van der Waals surface area (Å²) in [6.45, 7) is 2.18. The van der Waals surface area contributed by atoms with Gasteiger partial charge in [0.2, 0.25) is 0 Å². The van der Waals surface area contributed by atoms with Gasteiger partial charge in [-0.2, -0.15) is 0 Å². The van der Waals surface area contributed by atoms with Gasteiger partial charge in [0, 0.05) is 19.6 Å². The largest absolute Gasteiger partial charge is 0.353 e. The van der Waals surface area contributed by atoms with E-state index in [1.807, 2.05) is 0 Å². The molecule has 64 valence electrons. The highest BCUT2D eigenvalue weighted by Gasteiger charge is 2.32. The minimum absolute atomic E-state index is 0.0295. The fraction of sp³-hybridized carbons (Fsp3) is 1.00. The second kappa shape index (κ2) is 3.06. The Bertz CT molecular complexity index is 142. The maximum Gasteiger partial charge on any atom is 0.164 e. The summed E-state index contributed by atoms with van der Waals surface area (Å²) in [7, 11) is 1.71. The SMILES string of the molecule is COC1NCC2CCNC2N1. The van der Waals surface area contributed by atoms with Gasteiger partial charge in [0.25, 0.3) is 0 Å². The summed E-state index contributed by atoms with van der Waals surface area (Å²) < 4.78 is 5.14. The molecule has 0 amide bonds. The van der Waals surface area contributed by atoms with Crippen LogP contribution in [0.3, 0.4) is 0 Å². The van der Waals surface area contributed by atoms with Crippen LogP contribution in [0.2, 0.25) is 0 Å². The Morgan fingerprint density at radius 2 is 2.27 bits per heavy atom. The maximum absolute atomic E-state index is 5.14. The predicted octanol–water partition coefficient (Wildman–Crippen LogP) is -0.955. The monoisotopic (exact) mass is 157 g/mol. The van der Waals surface area contributed by atoms with Gasteiger partial charge < -0.3 is 10.1 Å². The van der Waals surface area contributed by atoms with Crippen molar-refractivity contribution in [3.05, 3.63) is 0 Å². The molecule has 4 nitrogen and oxygen atoms in total. The van der Waals surface area contributed by atoms with E-state index in [0.717, 1.165) is 19.0 Å². The molecule has 2 heterocycles. The molecule has 0 aromatic heterocycles. The quantitative estimate of drug-likeness (QED) is 0.459. The molecule has 2 rings (SSSR count). The van der Waals surface area contributed by atoms with Crippen molar-refractivity contribution in [1.29, 1.82) is 0 Å². The molecule has 2 saturated heterocycles. The Labute approximate surface area is 66.7 Å². The summed E-state index contributed by atoms with van der Waals surface area (Å²) in [5.41, 5.74) is 0. The average molecular weight is 157 g/mol. The van der Waals surface area contributed by atoms with Crippen LogP contribution in [0, 0.1) is 5.92 Å². The van der Waals surface area contributed by atoms with Gasteiger partial charge in [-0.1, -0.05) is 0 Å². The number of nitrogens with one attached hydrogen (secondary N) is 3. The van der Waals surface area contributed by atoms with Crippen molar-refractivity contribution in [1.82, 2.24) is 16.0 Å². The number of hydrogen-bond donors (Lipinski definition) is 3. The normalized spacial score (nSPS) is 43.9. The van der Waals surface area contributed by atoms with E-state index in [-0.39, 0.29) is 6.35 Å². The number of rotatable bonds is 1. The highest BCUT2D eigenvalue weighted by atomic mass is 16.5. The fourth-order valence-electron chi connectivity index (χ4n) is 1.80. The lowest BCUT2D eigenvalue weighted by Gasteiger charge is -2.33. The molecule has 0 aromatic carbocycles. The van der Waals surface area contributed by atoms with Crippen LogP contribution in [0.15, 0.2) is 0 Å². The third kappa shape index (κ3) is 1.39. The second-order valence-electron chi connectivity index (χ2n) is 3.17. The molecular weight excluding hydrogens is 142 g/mol. The lowest BCUT2D eigenvalue weighted by Crippen LogP contribution is -2.60. The van der Waals surface area contributed by atoms with E-state index in [0.29, 0.717) is 6.17 Å². The van der Waals surface area contributed by atoms with Gasteiger partial charge in [-0.3, -0.25) is 10.6 Å². The Hall–Kier alpha value is -0.160. The van der Waals surface area contributed by atoms with E-state index >= 15 is 0 Å². The van der Waals surface area contributed by atoms with Crippen molar-refractivity contribution in [2.75, 3.05) is 20.2 Å². The van der Waals surface area contributed by atoms with Gasteiger partial charge in [-0.15, -0.1) is 0 Å². The van der Waals surface area contributed by atoms with Gasteiger partial charge in [-0.25, -0.2) is 0 Å². The molecular formula is C7H15N3O. The Morgan fingerprint density at radius 3 is 3.09 bits per heavy atom. The zero-order valence-electron chi connectivity index (χ0n) is 6.76. The molecule has 11 heavy (non-hydrogen) atoms. The minimum atomic E-state index is 0.0295. The Morgan fingerprint density at radius 1 is 1.36 bits per heavy atom. The minimum Gasteiger partial charge on any atom is -0.353 e. The molecule has 0 aromatic rings. The van der Waals surface area contributed by atoms with Crippen LogP contribution >= 0.6 is 0 Å². The topological polar surface area (TPSA) is 45.3 Å². The Kier molecular flexibility index (Phi) is 2.09. The van der Waals surface area contributed by atoms with Crippen molar-refractivity contribution in [2.24, 2.45) is 5.92 Å². The summed E-state index contributed by atoms with van der Waals surface area (Å²) >= 11 is 0. The summed E-state index contributed by atoms with van der Waals surface area (Å²) in [6.07, 6.45) is 1.75. The third-order valence-corrected chi connectivity index (χ3v) is 2.48. The highest BCUT2D eigenvalue weighted by Crippen LogP contribution is 2.15. The Balaban J connectivity index is 1.91. The zero-order valence-corrected chi connectivity index (χ0v) is 6.76. The first-order valence-electron chi connectivity index (χ1n) is 4.16. The molecule has 4 heteroatoms. The van der Waals surface area contributed by atoms with E-state index in [1.165, 1.54) is 6.42 Å².